The maximum absolute atomic E-state index is 14.2. The van der Waals surface area contributed by atoms with Gasteiger partial charge in [0.25, 0.3) is 0 Å². The normalized spacial score (nSPS) is 14.8. The zero-order chi connectivity index (χ0) is 27.9. The molecule has 3 aromatic carbocycles. The number of hydrogen-bond donors (Lipinski definition) is 2. The average molecular weight is 592 g/mol. The van der Waals surface area contributed by atoms with Gasteiger partial charge in [0.1, 0.15) is 22.3 Å². The van der Waals surface area contributed by atoms with Crippen molar-refractivity contribution >= 4 is 45.5 Å². The Morgan fingerprint density at radius 1 is 1.08 bits per heavy atom. The van der Waals surface area contributed by atoms with Crippen LogP contribution in [-0.2, 0) is 27.3 Å². The molecule has 202 valence electrons. The molecular weight excluding hydrogens is 571 g/mol. The molecule has 1 fully saturated rings. The fourth-order valence-corrected chi connectivity index (χ4v) is 5.69. The predicted octanol–water partition coefficient (Wildman–Crippen LogP) is 6.26. The Morgan fingerprint density at radius 3 is 2.33 bits per heavy atom. The van der Waals surface area contributed by atoms with Crippen molar-refractivity contribution in [2.75, 3.05) is 5.32 Å². The number of carbonyl (C=O) groups is 1. The molecule has 1 heterocycles. The number of thiol groups is 1. The van der Waals surface area contributed by atoms with Gasteiger partial charge in [-0.3, -0.25) is 4.79 Å². The Balaban J connectivity index is 1.32. The summed E-state index contributed by atoms with van der Waals surface area (Å²) in [5.41, 5.74) is 1.55. The maximum atomic E-state index is 14.2. The first kappa shape index (κ1) is 27.2. The highest BCUT2D eigenvalue weighted by Gasteiger charge is 2.53. The molecule has 1 aliphatic rings. The van der Waals surface area contributed by atoms with Crippen molar-refractivity contribution in [3.63, 3.8) is 0 Å². The number of halogens is 4. The third-order valence-electron chi connectivity index (χ3n) is 6.70. The topological polar surface area (TPSA) is 102 Å². The van der Waals surface area contributed by atoms with E-state index in [9.17, 15) is 22.0 Å². The second-order valence-corrected chi connectivity index (χ2v) is 11.5. The van der Waals surface area contributed by atoms with Crippen LogP contribution in [0, 0.1) is 11.6 Å². The number of hydrogen-bond acceptors (Lipinski definition) is 6. The van der Waals surface area contributed by atoms with Crippen molar-refractivity contribution in [3.8, 4) is 11.4 Å². The summed E-state index contributed by atoms with van der Waals surface area (Å²) in [6, 6.07) is 13.0. The highest BCUT2D eigenvalue weighted by Crippen LogP contribution is 2.57. The van der Waals surface area contributed by atoms with Crippen LogP contribution < -0.4 is 5.32 Å². The van der Waals surface area contributed by atoms with E-state index in [0.29, 0.717) is 35.2 Å². The number of rotatable bonds is 8. The van der Waals surface area contributed by atoms with Gasteiger partial charge in [0.15, 0.2) is 0 Å². The Hall–Kier alpha value is -3.34. The second kappa shape index (κ2) is 10.7. The lowest BCUT2D eigenvalue weighted by atomic mass is 9.95. The lowest BCUT2D eigenvalue weighted by Crippen LogP contribution is -2.16. The van der Waals surface area contributed by atoms with E-state index in [1.807, 2.05) is 0 Å². The number of aromatic nitrogens is 2. The van der Waals surface area contributed by atoms with Crippen molar-refractivity contribution in [1.29, 1.82) is 0 Å². The van der Waals surface area contributed by atoms with Gasteiger partial charge < -0.3 is 9.84 Å². The van der Waals surface area contributed by atoms with Gasteiger partial charge in [-0.2, -0.15) is 4.98 Å². The number of benzene rings is 3. The standard InChI is InChI=1S/C27H21Cl2F2N3O4S/c1-14(39(36)37)16-4-2-15(3-5-16)10-23(35)32-18-12-20(28)24(21(29)13-18)27(8-9-27)26-33-25(34-38-26)19-7-6-17(30)11-22(19)31/h2-7,11-14,39H,8-10H2,1H3,(H,32,35). The molecule has 1 amide bonds. The fraction of sp³-hybridized carbons (Fsp3) is 0.222. The van der Waals surface area contributed by atoms with Gasteiger partial charge in [-0.1, -0.05) is 52.6 Å². The van der Waals surface area contributed by atoms with E-state index in [4.69, 9.17) is 27.7 Å². The molecule has 1 aromatic heterocycles. The largest absolute Gasteiger partial charge is 0.338 e. The van der Waals surface area contributed by atoms with Crippen molar-refractivity contribution in [1.82, 2.24) is 10.1 Å². The summed E-state index contributed by atoms with van der Waals surface area (Å²) in [5, 5.41) is 6.60. The van der Waals surface area contributed by atoms with Crippen LogP contribution in [0.5, 0.6) is 0 Å². The number of amides is 1. The molecule has 0 bridgehead atoms. The van der Waals surface area contributed by atoms with Crippen LogP contribution in [0.3, 0.4) is 0 Å². The lowest BCUT2D eigenvalue weighted by molar-refractivity contribution is -0.115. The molecule has 0 radical (unpaired) electrons. The van der Waals surface area contributed by atoms with Crippen LogP contribution in [0.15, 0.2) is 59.1 Å². The van der Waals surface area contributed by atoms with Gasteiger partial charge in [-0.25, -0.2) is 17.2 Å². The highest BCUT2D eigenvalue weighted by atomic mass is 35.5. The summed E-state index contributed by atoms with van der Waals surface area (Å²) < 4.78 is 55.3. The Labute approximate surface area is 234 Å². The molecular formula is C27H21Cl2F2N3O4S. The Kier molecular flexibility index (Phi) is 7.45. The van der Waals surface area contributed by atoms with E-state index in [1.165, 1.54) is 6.07 Å². The zero-order valence-electron chi connectivity index (χ0n) is 20.4. The summed E-state index contributed by atoms with van der Waals surface area (Å²) >= 11 is 13.2. The van der Waals surface area contributed by atoms with E-state index < -0.39 is 33.0 Å². The van der Waals surface area contributed by atoms with Gasteiger partial charge >= 0.3 is 0 Å². The quantitative estimate of drug-likeness (QED) is 0.235. The summed E-state index contributed by atoms with van der Waals surface area (Å²) in [7, 11) is -2.58. The summed E-state index contributed by atoms with van der Waals surface area (Å²) in [6.45, 7) is 1.60. The average Bonchev–Trinajstić information content (AvgIpc) is 3.50. The molecule has 39 heavy (non-hydrogen) atoms. The second-order valence-electron chi connectivity index (χ2n) is 9.37. The summed E-state index contributed by atoms with van der Waals surface area (Å²) in [6.07, 6.45) is 1.28. The highest BCUT2D eigenvalue weighted by molar-refractivity contribution is 7.72. The molecule has 1 aliphatic carbocycles. The Bertz CT molecular complexity index is 1620. The molecule has 4 aromatic rings. The molecule has 12 heteroatoms. The van der Waals surface area contributed by atoms with Crippen LogP contribution >= 0.6 is 23.2 Å². The number of anilines is 1. The first-order chi connectivity index (χ1) is 18.6. The van der Waals surface area contributed by atoms with Crippen molar-refractivity contribution < 1.29 is 26.5 Å². The van der Waals surface area contributed by atoms with E-state index in [0.717, 1.165) is 12.1 Å². The first-order valence-corrected chi connectivity index (χ1v) is 13.9. The predicted molar refractivity (Wildman–Crippen MR) is 144 cm³/mol. The number of nitrogens with one attached hydrogen (secondary N) is 1. The fourth-order valence-electron chi connectivity index (χ4n) is 4.42. The van der Waals surface area contributed by atoms with Crippen LogP contribution in [0.25, 0.3) is 11.4 Å². The van der Waals surface area contributed by atoms with Crippen LogP contribution in [0.2, 0.25) is 10.0 Å². The molecule has 0 saturated heterocycles. The minimum atomic E-state index is -2.58. The monoisotopic (exact) mass is 591 g/mol. The van der Waals surface area contributed by atoms with Gasteiger partial charge in [0.2, 0.25) is 17.6 Å². The SMILES string of the molecule is CC(c1ccc(CC(=O)Nc2cc(Cl)c(C3(c4nc(-c5ccc(F)cc5F)no4)CC3)c(Cl)c2)cc1)[SH](=O)=O. The third kappa shape index (κ3) is 5.54. The summed E-state index contributed by atoms with van der Waals surface area (Å²) in [4.78, 5) is 17.0. The summed E-state index contributed by atoms with van der Waals surface area (Å²) in [5.74, 6) is -1.65. The minimum Gasteiger partial charge on any atom is -0.338 e. The van der Waals surface area contributed by atoms with Crippen LogP contribution in [0.1, 0.15) is 47.6 Å². The molecule has 1 saturated carbocycles. The van der Waals surface area contributed by atoms with Crippen molar-refractivity contribution in [2.45, 2.75) is 36.9 Å². The van der Waals surface area contributed by atoms with Crippen LogP contribution in [-0.4, -0.2) is 24.5 Å². The van der Waals surface area contributed by atoms with E-state index in [-0.39, 0.29) is 39.7 Å². The van der Waals surface area contributed by atoms with Gasteiger partial charge in [0, 0.05) is 27.4 Å². The van der Waals surface area contributed by atoms with Gasteiger partial charge in [-0.15, -0.1) is 0 Å². The Morgan fingerprint density at radius 2 is 1.74 bits per heavy atom. The van der Waals surface area contributed by atoms with Crippen molar-refractivity contribution in [3.05, 3.63) is 98.9 Å². The van der Waals surface area contributed by atoms with Gasteiger partial charge in [0.05, 0.1) is 22.6 Å². The molecule has 1 atom stereocenters. The molecule has 1 unspecified atom stereocenters. The first-order valence-electron chi connectivity index (χ1n) is 11.9. The molecule has 0 aliphatic heterocycles. The van der Waals surface area contributed by atoms with Crippen molar-refractivity contribution in [2.24, 2.45) is 0 Å². The van der Waals surface area contributed by atoms with Gasteiger partial charge in [-0.05, 0) is 55.2 Å². The van der Waals surface area contributed by atoms with Crippen LogP contribution in [0.4, 0.5) is 14.5 Å². The smallest absolute Gasteiger partial charge is 0.237 e. The molecule has 0 spiro atoms. The lowest BCUT2D eigenvalue weighted by Gasteiger charge is -2.17. The number of nitrogens with zero attached hydrogens (tertiary/aromatic N) is 2. The molecule has 5 rings (SSSR count). The van der Waals surface area contributed by atoms with E-state index >= 15 is 0 Å². The third-order valence-corrected chi connectivity index (χ3v) is 8.23. The molecule has 1 N–H and O–H groups in total. The molecule has 7 nitrogen and oxygen atoms in total. The number of carbonyl (C=O) groups excluding carboxylic acids is 1. The van der Waals surface area contributed by atoms with E-state index in [1.54, 1.807) is 43.3 Å². The van der Waals surface area contributed by atoms with E-state index in [2.05, 4.69) is 15.5 Å². The maximum Gasteiger partial charge on any atom is 0.237 e. The zero-order valence-corrected chi connectivity index (χ0v) is 22.8. The minimum absolute atomic E-state index is 0.00229.